The molecular weight excluding hydrogens is 350 g/mol. The normalized spacial score (nSPS) is 12.3. The second-order valence-electron chi connectivity index (χ2n) is 7.86. The van der Waals surface area contributed by atoms with Crippen molar-refractivity contribution in [2.24, 2.45) is 5.92 Å². The first-order valence-electron chi connectivity index (χ1n) is 10.2. The number of carbonyl (C=O) groups is 1. The molecule has 1 atom stereocenters. The van der Waals surface area contributed by atoms with Crippen LogP contribution in [0.25, 0.3) is 0 Å². The van der Waals surface area contributed by atoms with Crippen LogP contribution in [-0.2, 0) is 17.8 Å². The SMILES string of the molecule is CCN(C(=O)CCc1c(C)nn(CC(C)C)c1C)C(C)c1cccc(OC)c1. The second-order valence-corrected chi connectivity index (χ2v) is 7.86. The number of nitrogens with zero attached hydrogens (tertiary/aromatic N) is 3. The van der Waals surface area contributed by atoms with Crippen LogP contribution in [0.3, 0.4) is 0 Å². The molecule has 0 aliphatic carbocycles. The number of amides is 1. The van der Waals surface area contributed by atoms with Crippen molar-refractivity contribution in [3.63, 3.8) is 0 Å². The molecule has 0 aliphatic rings. The van der Waals surface area contributed by atoms with E-state index in [1.807, 2.05) is 43.0 Å². The smallest absolute Gasteiger partial charge is 0.223 e. The average molecular weight is 386 g/mol. The van der Waals surface area contributed by atoms with E-state index < -0.39 is 0 Å². The Balaban J connectivity index is 2.09. The van der Waals surface area contributed by atoms with Crippen molar-refractivity contribution in [1.82, 2.24) is 14.7 Å². The molecule has 0 fully saturated rings. The number of hydrogen-bond donors (Lipinski definition) is 0. The Morgan fingerprint density at radius 1 is 1.25 bits per heavy atom. The van der Waals surface area contributed by atoms with Gasteiger partial charge in [0.15, 0.2) is 0 Å². The zero-order valence-electron chi connectivity index (χ0n) is 18.5. The third kappa shape index (κ3) is 5.15. The maximum absolute atomic E-state index is 13.0. The van der Waals surface area contributed by atoms with Gasteiger partial charge in [-0.3, -0.25) is 9.48 Å². The van der Waals surface area contributed by atoms with Crippen molar-refractivity contribution in [1.29, 1.82) is 0 Å². The molecule has 0 saturated heterocycles. The van der Waals surface area contributed by atoms with Gasteiger partial charge in [0.1, 0.15) is 5.75 Å². The van der Waals surface area contributed by atoms with Crippen LogP contribution < -0.4 is 4.74 Å². The van der Waals surface area contributed by atoms with Crippen molar-refractivity contribution >= 4 is 5.91 Å². The van der Waals surface area contributed by atoms with Gasteiger partial charge in [0.05, 0.1) is 18.8 Å². The lowest BCUT2D eigenvalue weighted by Gasteiger charge is -2.29. The summed E-state index contributed by atoms with van der Waals surface area (Å²) < 4.78 is 7.41. The Labute approximate surface area is 169 Å². The molecular formula is C23H35N3O2. The van der Waals surface area contributed by atoms with Crippen molar-refractivity contribution < 1.29 is 9.53 Å². The van der Waals surface area contributed by atoms with Crippen LogP contribution in [0.5, 0.6) is 5.75 Å². The average Bonchev–Trinajstić information content (AvgIpc) is 2.92. The summed E-state index contributed by atoms with van der Waals surface area (Å²) in [6, 6.07) is 7.96. The number of carbonyl (C=O) groups excluding carboxylic acids is 1. The van der Waals surface area contributed by atoms with E-state index in [1.54, 1.807) is 7.11 Å². The Hall–Kier alpha value is -2.30. The molecule has 0 saturated carbocycles. The molecule has 0 aliphatic heterocycles. The topological polar surface area (TPSA) is 47.4 Å². The number of aryl methyl sites for hydroxylation is 1. The zero-order chi connectivity index (χ0) is 20.8. The van der Waals surface area contributed by atoms with Crippen LogP contribution in [0.1, 0.15) is 62.7 Å². The number of methoxy groups -OCH3 is 1. The van der Waals surface area contributed by atoms with Crippen molar-refractivity contribution in [2.75, 3.05) is 13.7 Å². The highest BCUT2D eigenvalue weighted by atomic mass is 16.5. The van der Waals surface area contributed by atoms with Gasteiger partial charge in [-0.2, -0.15) is 5.10 Å². The lowest BCUT2D eigenvalue weighted by Crippen LogP contribution is -2.33. The summed E-state index contributed by atoms with van der Waals surface area (Å²) in [7, 11) is 1.66. The van der Waals surface area contributed by atoms with E-state index in [2.05, 4.69) is 37.5 Å². The monoisotopic (exact) mass is 385 g/mol. The highest BCUT2D eigenvalue weighted by Gasteiger charge is 2.21. The van der Waals surface area contributed by atoms with Crippen LogP contribution in [0.15, 0.2) is 24.3 Å². The van der Waals surface area contributed by atoms with Gasteiger partial charge in [-0.05, 0) is 63.3 Å². The van der Waals surface area contributed by atoms with Crippen LogP contribution in [-0.4, -0.2) is 34.2 Å². The number of aromatic nitrogens is 2. The summed E-state index contributed by atoms with van der Waals surface area (Å²) in [6.45, 7) is 14.2. The largest absolute Gasteiger partial charge is 0.497 e. The van der Waals surface area contributed by atoms with Gasteiger partial charge in [0.25, 0.3) is 0 Å². The predicted octanol–water partition coefficient (Wildman–Crippen LogP) is 4.71. The maximum Gasteiger partial charge on any atom is 0.223 e. The first-order chi connectivity index (χ1) is 13.3. The Bertz CT molecular complexity index is 795. The summed E-state index contributed by atoms with van der Waals surface area (Å²) in [6.07, 6.45) is 1.23. The summed E-state index contributed by atoms with van der Waals surface area (Å²) >= 11 is 0. The Morgan fingerprint density at radius 2 is 1.96 bits per heavy atom. The highest BCUT2D eigenvalue weighted by molar-refractivity contribution is 5.77. The van der Waals surface area contributed by atoms with E-state index in [9.17, 15) is 4.79 Å². The van der Waals surface area contributed by atoms with Crippen LogP contribution in [0.4, 0.5) is 0 Å². The summed E-state index contributed by atoms with van der Waals surface area (Å²) in [5, 5.41) is 4.67. The van der Waals surface area contributed by atoms with Gasteiger partial charge in [-0.15, -0.1) is 0 Å². The second kappa shape index (κ2) is 9.76. The van der Waals surface area contributed by atoms with Crippen molar-refractivity contribution in [3.8, 4) is 5.75 Å². The van der Waals surface area contributed by atoms with E-state index in [-0.39, 0.29) is 11.9 Å². The first kappa shape index (κ1) is 22.0. The van der Waals surface area contributed by atoms with Crippen LogP contribution in [0.2, 0.25) is 0 Å². The fraction of sp³-hybridized carbons (Fsp3) is 0.565. The molecule has 0 N–H and O–H groups in total. The lowest BCUT2D eigenvalue weighted by molar-refractivity contribution is -0.133. The molecule has 0 bridgehead atoms. The standard InChI is InChI=1S/C23H35N3O2/c1-8-25(18(5)20-10-9-11-21(14-20)28-7)23(27)13-12-22-17(4)24-26(19(22)6)15-16(2)3/h9-11,14,16,18H,8,12-13,15H2,1-7H3. The minimum absolute atomic E-state index is 0.0125. The highest BCUT2D eigenvalue weighted by Crippen LogP contribution is 2.25. The van der Waals surface area contributed by atoms with Gasteiger partial charge >= 0.3 is 0 Å². The van der Waals surface area contributed by atoms with Gasteiger partial charge in [0.2, 0.25) is 5.91 Å². The fourth-order valence-electron chi connectivity index (χ4n) is 3.74. The molecule has 154 valence electrons. The lowest BCUT2D eigenvalue weighted by atomic mass is 10.0. The number of ether oxygens (including phenoxy) is 1. The molecule has 28 heavy (non-hydrogen) atoms. The third-order valence-electron chi connectivity index (χ3n) is 5.36. The summed E-state index contributed by atoms with van der Waals surface area (Å²) in [4.78, 5) is 14.9. The number of benzene rings is 1. The molecule has 0 spiro atoms. The molecule has 5 nitrogen and oxygen atoms in total. The zero-order valence-corrected chi connectivity index (χ0v) is 18.5. The van der Waals surface area contributed by atoms with Gasteiger partial charge < -0.3 is 9.64 Å². The van der Waals surface area contributed by atoms with E-state index in [0.29, 0.717) is 18.9 Å². The van der Waals surface area contributed by atoms with E-state index in [4.69, 9.17) is 4.74 Å². The van der Waals surface area contributed by atoms with E-state index in [0.717, 1.165) is 30.0 Å². The van der Waals surface area contributed by atoms with Crippen LogP contribution in [0, 0.1) is 19.8 Å². The maximum atomic E-state index is 13.0. The third-order valence-corrected chi connectivity index (χ3v) is 5.36. The molecule has 5 heteroatoms. The number of hydrogen-bond acceptors (Lipinski definition) is 3. The predicted molar refractivity (Wildman–Crippen MR) is 114 cm³/mol. The fourth-order valence-corrected chi connectivity index (χ4v) is 3.74. The number of rotatable bonds is 9. The Kier molecular flexibility index (Phi) is 7.67. The van der Waals surface area contributed by atoms with Gasteiger partial charge in [-0.1, -0.05) is 26.0 Å². The van der Waals surface area contributed by atoms with Gasteiger partial charge in [-0.25, -0.2) is 0 Å². The molecule has 1 heterocycles. The molecule has 0 radical (unpaired) electrons. The van der Waals surface area contributed by atoms with Crippen molar-refractivity contribution in [2.45, 2.75) is 67.0 Å². The first-order valence-corrected chi connectivity index (χ1v) is 10.2. The molecule has 1 aromatic heterocycles. The van der Waals surface area contributed by atoms with E-state index in [1.165, 1.54) is 11.3 Å². The minimum atomic E-state index is 0.0125. The quantitative estimate of drug-likeness (QED) is 0.628. The van der Waals surface area contributed by atoms with Crippen LogP contribution >= 0.6 is 0 Å². The molecule has 2 rings (SSSR count). The van der Waals surface area contributed by atoms with Gasteiger partial charge in [0, 0.05) is 25.2 Å². The van der Waals surface area contributed by atoms with Crippen molar-refractivity contribution in [3.05, 3.63) is 46.8 Å². The summed E-state index contributed by atoms with van der Waals surface area (Å²) in [5.41, 5.74) is 4.52. The summed E-state index contributed by atoms with van der Waals surface area (Å²) in [5.74, 6) is 1.54. The minimum Gasteiger partial charge on any atom is -0.497 e. The molecule has 1 unspecified atom stereocenters. The molecule has 1 amide bonds. The molecule has 1 aromatic carbocycles. The molecule has 2 aromatic rings. The van der Waals surface area contributed by atoms with E-state index >= 15 is 0 Å². The Morgan fingerprint density at radius 3 is 2.57 bits per heavy atom.